The number of ketones is 2. The van der Waals surface area contributed by atoms with Crippen molar-refractivity contribution in [1.29, 1.82) is 0 Å². The third kappa shape index (κ3) is 6.22. The predicted molar refractivity (Wildman–Crippen MR) is 169 cm³/mol. The van der Waals surface area contributed by atoms with Gasteiger partial charge in [-0.2, -0.15) is 0 Å². The summed E-state index contributed by atoms with van der Waals surface area (Å²) in [6.07, 6.45) is -4.72. The van der Waals surface area contributed by atoms with E-state index in [1.54, 1.807) is 25.1 Å². The van der Waals surface area contributed by atoms with Crippen LogP contribution in [0.1, 0.15) is 74.4 Å². The fourth-order valence-electron chi connectivity index (χ4n) is 6.95. The van der Waals surface area contributed by atoms with Crippen molar-refractivity contribution in [1.82, 2.24) is 5.32 Å². The fraction of sp³-hybridized carbons (Fsp3) is 0.382. The van der Waals surface area contributed by atoms with Crippen LogP contribution < -0.4 is 11.1 Å². The number of phenols is 2. The van der Waals surface area contributed by atoms with Gasteiger partial charge in [0.1, 0.15) is 23.7 Å². The molecule has 15 heteroatoms. The van der Waals surface area contributed by atoms with Crippen LogP contribution in [0.3, 0.4) is 0 Å². The number of amides is 1. The number of alkyl carbamates (subject to hydrolysis) is 1. The van der Waals surface area contributed by atoms with E-state index in [9.17, 15) is 39.8 Å². The van der Waals surface area contributed by atoms with E-state index < -0.39 is 94.5 Å². The molecule has 3 aromatic carbocycles. The average molecular weight is 678 g/mol. The number of fused-ring (bicyclic) bond motifs is 3. The van der Waals surface area contributed by atoms with Gasteiger partial charge in [0.2, 0.25) is 0 Å². The van der Waals surface area contributed by atoms with Gasteiger partial charge >= 0.3 is 6.09 Å². The monoisotopic (exact) mass is 677 g/mol. The molecule has 3 aromatic rings. The number of aromatic hydroxyl groups is 2. The number of aliphatic hydroxyl groups is 1. The van der Waals surface area contributed by atoms with Crippen molar-refractivity contribution in [3.8, 4) is 11.5 Å². The molecule has 0 radical (unpaired) electrons. The Bertz CT molecular complexity index is 1830. The highest BCUT2D eigenvalue weighted by molar-refractivity contribution is 6.30. The van der Waals surface area contributed by atoms with Gasteiger partial charge in [-0.05, 0) is 6.92 Å². The van der Waals surface area contributed by atoms with Gasteiger partial charge in [0.25, 0.3) is 5.69 Å². The maximum absolute atomic E-state index is 13.6. The number of nitrogens with two attached hydrogens (primary N) is 1. The van der Waals surface area contributed by atoms with Gasteiger partial charge in [-0.25, -0.2) is 4.79 Å². The summed E-state index contributed by atoms with van der Waals surface area (Å²) < 4.78 is 23.1. The van der Waals surface area contributed by atoms with Crippen molar-refractivity contribution >= 4 is 23.3 Å². The number of hydrogen-bond donors (Lipinski definition) is 5. The lowest BCUT2D eigenvalue weighted by Crippen LogP contribution is -2.53. The zero-order chi connectivity index (χ0) is 35.2. The predicted octanol–water partition coefficient (Wildman–Crippen LogP) is 2.92. The molecule has 6 N–H and O–H groups in total. The molecule has 0 bridgehead atoms. The molecule has 0 unspecified atom stereocenters. The first-order valence-corrected chi connectivity index (χ1v) is 15.6. The van der Waals surface area contributed by atoms with E-state index in [1.807, 2.05) is 0 Å². The number of methoxy groups -OCH3 is 1. The molecule has 2 aliphatic carbocycles. The van der Waals surface area contributed by atoms with Gasteiger partial charge < -0.3 is 45.3 Å². The molecule has 1 fully saturated rings. The van der Waals surface area contributed by atoms with Crippen LogP contribution in [0.2, 0.25) is 0 Å². The summed E-state index contributed by atoms with van der Waals surface area (Å²) in [4.78, 5) is 50.7. The normalized spacial score (nSPS) is 25.9. The van der Waals surface area contributed by atoms with Crippen molar-refractivity contribution in [2.45, 2.75) is 69.0 Å². The van der Waals surface area contributed by atoms with Crippen LogP contribution in [0.15, 0.2) is 48.5 Å². The summed E-state index contributed by atoms with van der Waals surface area (Å²) in [7, 11) is 1.50. The first-order chi connectivity index (χ1) is 23.3. The second-order valence-corrected chi connectivity index (χ2v) is 12.5. The molecule has 6 atom stereocenters. The maximum atomic E-state index is 13.6. The second-order valence-electron chi connectivity index (χ2n) is 12.5. The van der Waals surface area contributed by atoms with E-state index in [1.165, 1.54) is 37.4 Å². The molecule has 1 heterocycles. The zero-order valence-electron chi connectivity index (χ0n) is 26.6. The minimum Gasteiger partial charge on any atom is -0.507 e. The second kappa shape index (κ2) is 13.2. The lowest BCUT2D eigenvalue weighted by molar-refractivity contribution is -0.385. The largest absolute Gasteiger partial charge is 0.507 e. The summed E-state index contributed by atoms with van der Waals surface area (Å²) in [5.41, 5.74) is 3.60. The Kier molecular flexibility index (Phi) is 9.13. The first kappa shape index (κ1) is 34.0. The van der Waals surface area contributed by atoms with Crippen molar-refractivity contribution in [2.24, 2.45) is 5.73 Å². The standard InChI is InChI=1S/C34H35N3O12/c1-16-32(46-2)21(35)11-24(48-16)49-23-13-34(43,15-47-33(42)36-14-17-7-3-6-10-22(17)37(44)45)12-20-25(23)31(41)27-26(30(20)40)28(38)18-8-4-5-9-19(18)29(27)39/h3-10,16,21,23-24,32,40-41,43H,11-15,35H2,1-2H3,(H,36,42)/t16-,21-,23-,24-,32+,34-/m0/s1. The summed E-state index contributed by atoms with van der Waals surface area (Å²) in [6, 6.07) is 11.4. The van der Waals surface area contributed by atoms with Crippen LogP contribution in [0.4, 0.5) is 10.5 Å². The molecule has 15 nitrogen and oxygen atoms in total. The molecule has 258 valence electrons. The minimum atomic E-state index is -1.93. The molecule has 0 saturated carbocycles. The van der Waals surface area contributed by atoms with E-state index >= 15 is 0 Å². The number of ether oxygens (including phenoxy) is 4. The number of phenolic OH excluding ortho intramolecular Hbond substituents is 2. The van der Waals surface area contributed by atoms with Crippen LogP contribution in [0, 0.1) is 10.1 Å². The fourth-order valence-corrected chi connectivity index (χ4v) is 6.95. The van der Waals surface area contributed by atoms with E-state index in [4.69, 9.17) is 24.7 Å². The summed E-state index contributed by atoms with van der Waals surface area (Å²) >= 11 is 0. The third-order valence-corrected chi connectivity index (χ3v) is 9.24. The lowest BCUT2D eigenvalue weighted by Gasteiger charge is -2.43. The number of hydrogen-bond acceptors (Lipinski definition) is 13. The van der Waals surface area contributed by atoms with Gasteiger partial charge in [-0.3, -0.25) is 19.7 Å². The number of carbonyl (C=O) groups excluding carboxylic acids is 3. The number of nitro benzene ring substituents is 1. The van der Waals surface area contributed by atoms with Crippen LogP contribution in [-0.2, 0) is 31.9 Å². The SMILES string of the molecule is CO[C@@H]1[C@H](C)O[C@@H](O[C@H]2C[C@](O)(COC(=O)NCc3ccccc3[N+](=O)[O-])Cc3c(O)c4c(c(O)c32)C(=O)c2ccccc2C4=O)C[C@@H]1N. The van der Waals surface area contributed by atoms with Gasteiger partial charge in [0.05, 0.1) is 40.9 Å². The molecular formula is C34H35N3O12. The molecule has 49 heavy (non-hydrogen) atoms. The van der Waals surface area contributed by atoms with Gasteiger partial charge in [0.15, 0.2) is 17.9 Å². The Labute approximate surface area is 279 Å². The highest BCUT2D eigenvalue weighted by Gasteiger charge is 2.48. The van der Waals surface area contributed by atoms with Crippen molar-refractivity contribution in [3.63, 3.8) is 0 Å². The van der Waals surface area contributed by atoms with Crippen LogP contribution in [0.5, 0.6) is 11.5 Å². The number of rotatable bonds is 8. The molecule has 1 amide bonds. The summed E-state index contributed by atoms with van der Waals surface area (Å²) in [5, 5.41) is 48.9. The minimum absolute atomic E-state index is 0.0269. The van der Waals surface area contributed by atoms with Crippen molar-refractivity contribution in [2.75, 3.05) is 13.7 Å². The van der Waals surface area contributed by atoms with Crippen molar-refractivity contribution in [3.05, 3.63) is 97.6 Å². The molecule has 1 saturated heterocycles. The number of nitrogens with zero attached hydrogens (tertiary/aromatic N) is 1. The Morgan fingerprint density at radius 1 is 1.08 bits per heavy atom. The topological polar surface area (TPSA) is 230 Å². The van der Waals surface area contributed by atoms with Gasteiger partial charge in [-0.1, -0.05) is 42.5 Å². The summed E-state index contributed by atoms with van der Waals surface area (Å²) in [5.74, 6) is -2.59. The van der Waals surface area contributed by atoms with Crippen LogP contribution >= 0.6 is 0 Å². The number of para-hydroxylation sites is 1. The third-order valence-electron chi connectivity index (χ3n) is 9.24. The van der Waals surface area contributed by atoms with Crippen molar-refractivity contribution < 1.29 is 53.6 Å². The molecule has 6 rings (SSSR count). The molecular weight excluding hydrogens is 642 g/mol. The van der Waals surface area contributed by atoms with Gasteiger partial charge in [0, 0.05) is 66.3 Å². The molecule has 0 aromatic heterocycles. The highest BCUT2D eigenvalue weighted by atomic mass is 16.7. The summed E-state index contributed by atoms with van der Waals surface area (Å²) in [6.45, 7) is 0.864. The smallest absolute Gasteiger partial charge is 0.407 e. The molecule has 0 spiro atoms. The molecule has 3 aliphatic rings. The Morgan fingerprint density at radius 3 is 2.35 bits per heavy atom. The van der Waals surface area contributed by atoms with E-state index in [0.29, 0.717) is 0 Å². The molecule has 1 aliphatic heterocycles. The Balaban J connectivity index is 1.32. The number of carbonyl (C=O) groups is 3. The van der Waals surface area contributed by atoms with E-state index in [2.05, 4.69) is 5.32 Å². The number of benzene rings is 3. The highest BCUT2D eigenvalue weighted by Crippen LogP contribution is 2.52. The van der Waals surface area contributed by atoms with Crippen LogP contribution in [0.25, 0.3) is 0 Å². The van der Waals surface area contributed by atoms with Crippen LogP contribution in [-0.4, -0.2) is 81.8 Å². The average Bonchev–Trinajstić information content (AvgIpc) is 3.06. The van der Waals surface area contributed by atoms with Gasteiger partial charge in [-0.15, -0.1) is 0 Å². The number of nitrogens with one attached hydrogen (secondary N) is 1. The Morgan fingerprint density at radius 2 is 1.71 bits per heavy atom. The quantitative estimate of drug-likeness (QED) is 0.103. The number of nitro groups is 1. The van der Waals surface area contributed by atoms with E-state index in [-0.39, 0.29) is 52.9 Å². The Hall–Kier alpha value is -4.93. The lowest BCUT2D eigenvalue weighted by atomic mass is 9.73. The first-order valence-electron chi connectivity index (χ1n) is 15.6. The zero-order valence-corrected chi connectivity index (χ0v) is 26.6. The maximum Gasteiger partial charge on any atom is 0.407 e. The van der Waals surface area contributed by atoms with E-state index in [0.717, 1.165) is 0 Å².